The third-order valence-corrected chi connectivity index (χ3v) is 5.92. The van der Waals surface area contributed by atoms with Crippen LogP contribution >= 0.6 is 23.2 Å². The molecule has 0 amide bonds. The number of halogens is 2. The van der Waals surface area contributed by atoms with Gasteiger partial charge in [-0.2, -0.15) is 0 Å². The molecule has 0 bridgehead atoms. The minimum absolute atomic E-state index is 0.533. The van der Waals surface area contributed by atoms with Crippen molar-refractivity contribution in [2.75, 3.05) is 13.6 Å². The third-order valence-electron chi connectivity index (χ3n) is 5.18. The Morgan fingerprint density at radius 1 is 1.04 bits per heavy atom. The molecule has 0 N–H and O–H groups in total. The van der Waals surface area contributed by atoms with Crippen molar-refractivity contribution in [3.8, 4) is 11.1 Å². The summed E-state index contributed by atoms with van der Waals surface area (Å²) in [7, 11) is 2.24. The fourth-order valence-corrected chi connectivity index (χ4v) is 4.06. The van der Waals surface area contributed by atoms with E-state index in [0.29, 0.717) is 22.0 Å². The SMILES string of the molecule is Cc1ccc(-c2ccc(Cl)c(Cl)c2)cc1C(C)C1CCCN1C. The molecule has 2 atom stereocenters. The maximum Gasteiger partial charge on any atom is 0.0598 e. The predicted molar refractivity (Wildman–Crippen MR) is 101 cm³/mol. The van der Waals surface area contributed by atoms with Crippen molar-refractivity contribution in [3.63, 3.8) is 0 Å². The molecule has 2 aromatic carbocycles. The summed E-state index contributed by atoms with van der Waals surface area (Å²) in [5, 5.41) is 1.21. The van der Waals surface area contributed by atoms with Crippen molar-refractivity contribution >= 4 is 23.2 Å². The number of likely N-dealkylation sites (N-methyl/N-ethyl adjacent to an activating group) is 1. The lowest BCUT2D eigenvalue weighted by molar-refractivity contribution is 0.278. The summed E-state index contributed by atoms with van der Waals surface area (Å²) < 4.78 is 0. The number of aryl methyl sites for hydroxylation is 1. The molecule has 3 rings (SSSR count). The largest absolute Gasteiger partial charge is 0.303 e. The Bertz CT molecular complexity index is 711. The van der Waals surface area contributed by atoms with Gasteiger partial charge in [-0.25, -0.2) is 0 Å². The quantitative estimate of drug-likeness (QED) is 0.641. The van der Waals surface area contributed by atoms with Crippen LogP contribution in [-0.4, -0.2) is 24.5 Å². The van der Waals surface area contributed by atoms with Gasteiger partial charge in [-0.05, 0) is 73.7 Å². The Morgan fingerprint density at radius 3 is 2.39 bits per heavy atom. The lowest BCUT2D eigenvalue weighted by atomic mass is 9.87. The topological polar surface area (TPSA) is 3.24 Å². The molecule has 1 heterocycles. The molecule has 0 aliphatic carbocycles. The van der Waals surface area contributed by atoms with Crippen molar-refractivity contribution in [1.82, 2.24) is 4.90 Å². The first-order chi connectivity index (χ1) is 11.0. The molecule has 1 nitrogen and oxygen atoms in total. The lowest BCUT2D eigenvalue weighted by Gasteiger charge is -2.28. The van der Waals surface area contributed by atoms with E-state index < -0.39 is 0 Å². The standard InChI is InChI=1S/C20H23Cl2N/c1-13-6-7-15(16-8-9-18(21)19(22)12-16)11-17(13)14(2)20-5-4-10-23(20)3/h6-9,11-12,14,20H,4-5,10H2,1-3H3. The molecule has 0 radical (unpaired) electrons. The highest BCUT2D eigenvalue weighted by atomic mass is 35.5. The molecule has 1 aliphatic rings. The van der Waals surface area contributed by atoms with Gasteiger partial charge in [0.15, 0.2) is 0 Å². The van der Waals surface area contributed by atoms with Crippen LogP contribution in [0.5, 0.6) is 0 Å². The van der Waals surface area contributed by atoms with Gasteiger partial charge >= 0.3 is 0 Å². The van der Waals surface area contributed by atoms with Crippen molar-refractivity contribution in [2.24, 2.45) is 0 Å². The van der Waals surface area contributed by atoms with Gasteiger partial charge in [-0.1, -0.05) is 54.4 Å². The summed E-state index contributed by atoms with van der Waals surface area (Å²) in [6, 6.07) is 13.2. The Balaban J connectivity index is 1.97. The highest BCUT2D eigenvalue weighted by Crippen LogP contribution is 2.35. The van der Waals surface area contributed by atoms with Crippen molar-refractivity contribution in [3.05, 3.63) is 57.6 Å². The summed E-state index contributed by atoms with van der Waals surface area (Å²) in [5.74, 6) is 0.533. The van der Waals surface area contributed by atoms with E-state index in [0.717, 1.165) is 5.56 Å². The summed E-state index contributed by atoms with van der Waals surface area (Å²) in [6.45, 7) is 5.77. The van der Waals surface area contributed by atoms with Crippen LogP contribution in [0.25, 0.3) is 11.1 Å². The van der Waals surface area contributed by atoms with Crippen molar-refractivity contribution in [1.29, 1.82) is 0 Å². The first-order valence-electron chi connectivity index (χ1n) is 8.23. The molecule has 0 aromatic heterocycles. The maximum absolute atomic E-state index is 6.18. The van der Waals surface area contributed by atoms with E-state index in [1.807, 2.05) is 18.2 Å². The molecule has 1 saturated heterocycles. The van der Waals surface area contributed by atoms with Crippen LogP contribution in [0.4, 0.5) is 0 Å². The minimum Gasteiger partial charge on any atom is -0.303 e. The fourth-order valence-electron chi connectivity index (χ4n) is 3.76. The number of rotatable bonds is 3. The van der Waals surface area contributed by atoms with Crippen LogP contribution in [0.2, 0.25) is 10.0 Å². The van der Waals surface area contributed by atoms with Gasteiger partial charge in [0.25, 0.3) is 0 Å². The van der Waals surface area contributed by atoms with Crippen LogP contribution in [-0.2, 0) is 0 Å². The van der Waals surface area contributed by atoms with E-state index in [1.54, 1.807) is 0 Å². The maximum atomic E-state index is 6.18. The van der Waals surface area contributed by atoms with Crippen molar-refractivity contribution in [2.45, 2.75) is 38.6 Å². The molecule has 2 aromatic rings. The second kappa shape index (κ2) is 6.84. The molecule has 1 aliphatic heterocycles. The summed E-state index contributed by atoms with van der Waals surface area (Å²) in [6.07, 6.45) is 2.59. The number of benzene rings is 2. The summed E-state index contributed by atoms with van der Waals surface area (Å²) >= 11 is 12.2. The van der Waals surface area contributed by atoms with E-state index in [1.165, 1.54) is 36.1 Å². The van der Waals surface area contributed by atoms with Gasteiger partial charge in [0.2, 0.25) is 0 Å². The third kappa shape index (κ3) is 3.42. The second-order valence-electron chi connectivity index (χ2n) is 6.68. The van der Waals surface area contributed by atoms with Crippen LogP contribution in [0.3, 0.4) is 0 Å². The smallest absolute Gasteiger partial charge is 0.0598 e. The van der Waals surface area contributed by atoms with E-state index in [4.69, 9.17) is 23.2 Å². The molecule has 23 heavy (non-hydrogen) atoms. The highest BCUT2D eigenvalue weighted by molar-refractivity contribution is 6.42. The van der Waals surface area contributed by atoms with Crippen LogP contribution in [0.1, 0.15) is 36.8 Å². The van der Waals surface area contributed by atoms with E-state index >= 15 is 0 Å². The Morgan fingerprint density at radius 2 is 1.74 bits per heavy atom. The predicted octanol–water partition coefficient (Wildman–Crippen LogP) is 6.17. The fraction of sp³-hybridized carbons (Fsp3) is 0.400. The van der Waals surface area contributed by atoms with Crippen LogP contribution in [0, 0.1) is 6.92 Å². The van der Waals surface area contributed by atoms with Gasteiger partial charge < -0.3 is 4.90 Å². The molecular formula is C20H23Cl2N. The monoisotopic (exact) mass is 347 g/mol. The lowest BCUT2D eigenvalue weighted by Crippen LogP contribution is -2.30. The van der Waals surface area contributed by atoms with Gasteiger partial charge in [0.05, 0.1) is 10.0 Å². The zero-order chi connectivity index (χ0) is 16.6. The Labute approximate surface area is 149 Å². The van der Waals surface area contributed by atoms with Crippen molar-refractivity contribution < 1.29 is 0 Å². The zero-order valence-electron chi connectivity index (χ0n) is 13.9. The molecule has 122 valence electrons. The van der Waals surface area contributed by atoms with Crippen LogP contribution < -0.4 is 0 Å². The molecule has 0 saturated carbocycles. The molecule has 2 unspecified atom stereocenters. The first kappa shape index (κ1) is 16.8. The minimum atomic E-state index is 0.533. The Kier molecular flexibility index (Phi) is 5.01. The second-order valence-corrected chi connectivity index (χ2v) is 7.49. The first-order valence-corrected chi connectivity index (χ1v) is 8.99. The average Bonchev–Trinajstić information content (AvgIpc) is 2.96. The normalized spacial score (nSPS) is 20.0. The van der Waals surface area contributed by atoms with Gasteiger partial charge in [-0.15, -0.1) is 0 Å². The highest BCUT2D eigenvalue weighted by Gasteiger charge is 2.28. The van der Waals surface area contributed by atoms with E-state index in [-0.39, 0.29) is 0 Å². The van der Waals surface area contributed by atoms with Gasteiger partial charge in [-0.3, -0.25) is 0 Å². The molecule has 0 spiro atoms. The van der Waals surface area contributed by atoms with Crippen LogP contribution in [0.15, 0.2) is 36.4 Å². The summed E-state index contributed by atoms with van der Waals surface area (Å²) in [4.78, 5) is 2.50. The average molecular weight is 348 g/mol. The number of hydrogen-bond acceptors (Lipinski definition) is 1. The summed E-state index contributed by atoms with van der Waals surface area (Å²) in [5.41, 5.74) is 5.12. The number of likely N-dealkylation sites (tertiary alicyclic amines) is 1. The number of nitrogens with zero attached hydrogens (tertiary/aromatic N) is 1. The molecule has 3 heteroatoms. The van der Waals surface area contributed by atoms with E-state index in [9.17, 15) is 0 Å². The zero-order valence-corrected chi connectivity index (χ0v) is 15.5. The molecular weight excluding hydrogens is 325 g/mol. The van der Waals surface area contributed by atoms with Gasteiger partial charge in [0.1, 0.15) is 0 Å². The van der Waals surface area contributed by atoms with Gasteiger partial charge in [0, 0.05) is 6.04 Å². The molecule has 1 fully saturated rings. The Hall–Kier alpha value is -1.02. The van der Waals surface area contributed by atoms with E-state index in [2.05, 4.69) is 44.0 Å². The number of hydrogen-bond donors (Lipinski definition) is 0.